The van der Waals surface area contributed by atoms with Gasteiger partial charge in [-0.2, -0.15) is 0 Å². The summed E-state index contributed by atoms with van der Waals surface area (Å²) in [5.41, 5.74) is 4.13. The summed E-state index contributed by atoms with van der Waals surface area (Å²) in [7, 11) is 0. The second-order valence-electron chi connectivity index (χ2n) is 6.68. The first-order chi connectivity index (χ1) is 12.6. The van der Waals surface area contributed by atoms with E-state index in [0.29, 0.717) is 30.1 Å². The van der Waals surface area contributed by atoms with E-state index in [1.165, 1.54) is 0 Å². The third-order valence-corrected chi connectivity index (χ3v) is 5.52. The molecule has 1 atom stereocenters. The summed E-state index contributed by atoms with van der Waals surface area (Å²) in [6, 6.07) is 0. The molecule has 1 amide bonds. The smallest absolute Gasteiger partial charge is 0.259 e. The standard InChI is InChI=1S/C18H21N5O2S/c1-12-16(13(2)25-21-12)18(24)23-6-3-4-14(8-23)17-19-5-7-22(17)9-15-10-26-11-20-15/h5,7,10-11,14H,3-4,6,8-9H2,1-2H3/t14-/m1/s1. The van der Waals surface area contributed by atoms with Crippen LogP contribution in [0.3, 0.4) is 0 Å². The zero-order chi connectivity index (χ0) is 18.1. The van der Waals surface area contributed by atoms with Crippen molar-refractivity contribution < 1.29 is 9.32 Å². The molecule has 0 aromatic carbocycles. The molecule has 26 heavy (non-hydrogen) atoms. The fourth-order valence-corrected chi connectivity index (χ4v) is 4.17. The number of amides is 1. The van der Waals surface area contributed by atoms with E-state index in [1.54, 1.807) is 18.3 Å². The van der Waals surface area contributed by atoms with Crippen molar-refractivity contribution in [1.82, 2.24) is 24.6 Å². The van der Waals surface area contributed by atoms with Crippen LogP contribution in [-0.4, -0.2) is 43.6 Å². The van der Waals surface area contributed by atoms with Crippen molar-refractivity contribution >= 4 is 17.2 Å². The van der Waals surface area contributed by atoms with Gasteiger partial charge in [0.15, 0.2) is 0 Å². The molecule has 0 aliphatic carbocycles. The molecule has 0 saturated carbocycles. The number of hydrogen-bond donors (Lipinski definition) is 0. The summed E-state index contributed by atoms with van der Waals surface area (Å²) >= 11 is 1.60. The van der Waals surface area contributed by atoms with Crippen LogP contribution in [0.5, 0.6) is 0 Å². The van der Waals surface area contributed by atoms with Gasteiger partial charge in [0.25, 0.3) is 5.91 Å². The summed E-state index contributed by atoms with van der Waals surface area (Å²) in [5.74, 6) is 1.83. The Morgan fingerprint density at radius 2 is 2.27 bits per heavy atom. The highest BCUT2D eigenvalue weighted by Gasteiger charge is 2.30. The molecule has 1 saturated heterocycles. The number of carbonyl (C=O) groups is 1. The van der Waals surface area contributed by atoms with Gasteiger partial charge < -0.3 is 14.0 Å². The van der Waals surface area contributed by atoms with E-state index in [1.807, 2.05) is 29.7 Å². The number of thiazole rings is 1. The van der Waals surface area contributed by atoms with Crippen LogP contribution in [0, 0.1) is 13.8 Å². The monoisotopic (exact) mass is 371 g/mol. The third-order valence-electron chi connectivity index (χ3n) is 4.88. The molecule has 1 fully saturated rings. The first-order valence-electron chi connectivity index (χ1n) is 8.73. The van der Waals surface area contributed by atoms with Gasteiger partial charge in [-0.05, 0) is 26.7 Å². The van der Waals surface area contributed by atoms with E-state index in [2.05, 4.69) is 25.1 Å². The molecule has 7 nitrogen and oxygen atoms in total. The normalized spacial score (nSPS) is 17.6. The van der Waals surface area contributed by atoms with Gasteiger partial charge in [-0.15, -0.1) is 11.3 Å². The number of aryl methyl sites for hydroxylation is 2. The first-order valence-corrected chi connectivity index (χ1v) is 9.68. The lowest BCUT2D eigenvalue weighted by Gasteiger charge is -2.32. The molecule has 1 aliphatic rings. The predicted octanol–water partition coefficient (Wildman–Crippen LogP) is 3.01. The van der Waals surface area contributed by atoms with Gasteiger partial charge in [0.2, 0.25) is 0 Å². The molecule has 3 aromatic rings. The summed E-state index contributed by atoms with van der Waals surface area (Å²) in [6.07, 6.45) is 5.81. The van der Waals surface area contributed by atoms with Crippen molar-refractivity contribution in [2.45, 2.75) is 39.2 Å². The zero-order valence-corrected chi connectivity index (χ0v) is 15.7. The highest BCUT2D eigenvalue weighted by molar-refractivity contribution is 7.07. The van der Waals surface area contributed by atoms with E-state index in [0.717, 1.165) is 30.9 Å². The molecule has 1 aliphatic heterocycles. The van der Waals surface area contributed by atoms with E-state index in [-0.39, 0.29) is 11.8 Å². The summed E-state index contributed by atoms with van der Waals surface area (Å²) in [6.45, 7) is 5.73. The van der Waals surface area contributed by atoms with Crippen molar-refractivity contribution in [1.29, 1.82) is 0 Å². The topological polar surface area (TPSA) is 77.0 Å². The first kappa shape index (κ1) is 17.0. The Hall–Kier alpha value is -2.48. The molecular formula is C18H21N5O2S. The Balaban J connectivity index is 1.53. The molecule has 0 spiro atoms. The second-order valence-corrected chi connectivity index (χ2v) is 7.40. The maximum atomic E-state index is 12.9. The van der Waals surface area contributed by atoms with Crippen molar-refractivity contribution in [2.75, 3.05) is 13.1 Å². The average Bonchev–Trinajstić information content (AvgIpc) is 3.38. The Kier molecular flexibility index (Phi) is 4.58. The SMILES string of the molecule is Cc1noc(C)c1C(=O)N1CCC[C@@H](c2nccn2Cc2cscn2)C1. The molecule has 4 rings (SSSR count). The zero-order valence-electron chi connectivity index (χ0n) is 14.9. The number of nitrogens with zero attached hydrogens (tertiary/aromatic N) is 5. The summed E-state index contributed by atoms with van der Waals surface area (Å²) in [5, 5.41) is 5.97. The highest BCUT2D eigenvalue weighted by atomic mass is 32.1. The molecule has 3 aromatic heterocycles. The molecule has 0 N–H and O–H groups in total. The Morgan fingerprint density at radius 1 is 1.38 bits per heavy atom. The molecule has 8 heteroatoms. The van der Waals surface area contributed by atoms with Crippen LogP contribution in [0.15, 0.2) is 27.8 Å². The minimum Gasteiger partial charge on any atom is -0.361 e. The van der Waals surface area contributed by atoms with Crippen molar-refractivity contribution in [3.8, 4) is 0 Å². The predicted molar refractivity (Wildman–Crippen MR) is 97.3 cm³/mol. The third kappa shape index (κ3) is 3.16. The Morgan fingerprint density at radius 3 is 3.00 bits per heavy atom. The van der Waals surface area contributed by atoms with Crippen LogP contribution in [0.2, 0.25) is 0 Å². The van der Waals surface area contributed by atoms with Crippen LogP contribution < -0.4 is 0 Å². The van der Waals surface area contributed by atoms with Crippen molar-refractivity contribution in [3.05, 3.63) is 51.8 Å². The quantitative estimate of drug-likeness (QED) is 0.704. The lowest BCUT2D eigenvalue weighted by Crippen LogP contribution is -2.40. The molecule has 4 heterocycles. The van der Waals surface area contributed by atoms with Crippen LogP contribution in [-0.2, 0) is 6.54 Å². The Labute approximate surface area is 155 Å². The van der Waals surface area contributed by atoms with E-state index in [9.17, 15) is 4.79 Å². The highest BCUT2D eigenvalue weighted by Crippen LogP contribution is 2.28. The molecule has 0 unspecified atom stereocenters. The van der Waals surface area contributed by atoms with E-state index < -0.39 is 0 Å². The number of carbonyl (C=O) groups excluding carboxylic acids is 1. The molecular weight excluding hydrogens is 350 g/mol. The molecule has 0 radical (unpaired) electrons. The largest absolute Gasteiger partial charge is 0.361 e. The van der Waals surface area contributed by atoms with Crippen LogP contribution in [0.4, 0.5) is 0 Å². The van der Waals surface area contributed by atoms with Gasteiger partial charge >= 0.3 is 0 Å². The van der Waals surface area contributed by atoms with Crippen molar-refractivity contribution in [2.24, 2.45) is 0 Å². The van der Waals surface area contributed by atoms with Crippen molar-refractivity contribution in [3.63, 3.8) is 0 Å². The van der Waals surface area contributed by atoms with Gasteiger partial charge in [-0.3, -0.25) is 4.79 Å². The average molecular weight is 371 g/mol. The second kappa shape index (κ2) is 7.03. The lowest BCUT2D eigenvalue weighted by atomic mass is 9.96. The van der Waals surface area contributed by atoms with Crippen LogP contribution in [0.25, 0.3) is 0 Å². The number of likely N-dealkylation sites (tertiary alicyclic amines) is 1. The Bertz CT molecular complexity index is 879. The minimum absolute atomic E-state index is 0.00329. The number of hydrogen-bond acceptors (Lipinski definition) is 6. The lowest BCUT2D eigenvalue weighted by molar-refractivity contribution is 0.0701. The van der Waals surface area contributed by atoms with Crippen LogP contribution >= 0.6 is 11.3 Å². The van der Waals surface area contributed by atoms with E-state index >= 15 is 0 Å². The van der Waals surface area contributed by atoms with Gasteiger partial charge in [-0.1, -0.05) is 5.16 Å². The summed E-state index contributed by atoms with van der Waals surface area (Å²) in [4.78, 5) is 23.8. The number of imidazole rings is 1. The summed E-state index contributed by atoms with van der Waals surface area (Å²) < 4.78 is 7.31. The van der Waals surface area contributed by atoms with Crippen LogP contribution in [0.1, 0.15) is 52.1 Å². The molecule has 0 bridgehead atoms. The van der Waals surface area contributed by atoms with Gasteiger partial charge in [0.1, 0.15) is 17.1 Å². The number of aromatic nitrogens is 4. The maximum absolute atomic E-state index is 12.9. The fraction of sp³-hybridized carbons (Fsp3) is 0.444. The molecule has 136 valence electrons. The van der Waals surface area contributed by atoms with Gasteiger partial charge in [0, 0.05) is 36.8 Å². The number of rotatable bonds is 4. The minimum atomic E-state index is 0.00329. The number of piperidine rings is 1. The van der Waals surface area contributed by atoms with E-state index in [4.69, 9.17) is 4.52 Å². The van der Waals surface area contributed by atoms with Gasteiger partial charge in [-0.25, -0.2) is 9.97 Å². The maximum Gasteiger partial charge on any atom is 0.259 e. The fourth-order valence-electron chi connectivity index (χ4n) is 3.62. The van der Waals surface area contributed by atoms with Gasteiger partial charge in [0.05, 0.1) is 23.4 Å².